The van der Waals surface area contributed by atoms with Gasteiger partial charge in [0.15, 0.2) is 5.11 Å². The normalized spacial score (nSPS) is 16.6. The predicted octanol–water partition coefficient (Wildman–Crippen LogP) is 6.56. The second-order valence-corrected chi connectivity index (χ2v) is 10.8. The third kappa shape index (κ3) is 5.31. The van der Waals surface area contributed by atoms with Gasteiger partial charge in [-0.1, -0.05) is 23.9 Å². The van der Waals surface area contributed by atoms with Crippen LogP contribution in [0, 0.1) is 10.1 Å². The van der Waals surface area contributed by atoms with Crippen LogP contribution < -0.4 is 10.2 Å². The van der Waals surface area contributed by atoms with Gasteiger partial charge >= 0.3 is 0 Å². The van der Waals surface area contributed by atoms with Crippen LogP contribution in [0.5, 0.6) is 0 Å². The number of nitrogens with zero attached hydrogens (tertiary/aromatic N) is 5. The van der Waals surface area contributed by atoms with Crippen LogP contribution in [-0.2, 0) is 6.54 Å². The van der Waals surface area contributed by atoms with E-state index < -0.39 is 4.92 Å². The van der Waals surface area contributed by atoms with Gasteiger partial charge in [0.2, 0.25) is 0 Å². The van der Waals surface area contributed by atoms with Gasteiger partial charge in [-0.25, -0.2) is 0 Å². The van der Waals surface area contributed by atoms with Crippen LogP contribution in [0.2, 0.25) is 0 Å². The highest BCUT2D eigenvalue weighted by Crippen LogP contribution is 2.42. The molecule has 2 atom stereocenters. The van der Waals surface area contributed by atoms with E-state index in [1.807, 2.05) is 42.6 Å². The number of nitro benzene ring substituents is 1. The first-order chi connectivity index (χ1) is 19.6. The molecule has 2 aromatic carbocycles. The van der Waals surface area contributed by atoms with E-state index in [1.165, 1.54) is 12.1 Å². The number of nitrogens with one attached hydrogen (secondary N) is 1. The van der Waals surface area contributed by atoms with Crippen LogP contribution in [-0.4, -0.2) is 24.6 Å². The average molecular weight is 565 g/mol. The smallest absolute Gasteiger partial charge is 0.269 e. The molecule has 1 aliphatic rings. The van der Waals surface area contributed by atoms with Gasteiger partial charge in [-0.15, -0.1) is 0 Å². The van der Waals surface area contributed by atoms with Gasteiger partial charge in [0.25, 0.3) is 5.69 Å². The molecule has 4 heterocycles. The summed E-state index contributed by atoms with van der Waals surface area (Å²) in [6, 6.07) is 28.6. The van der Waals surface area contributed by atoms with Crippen LogP contribution in [0.15, 0.2) is 126 Å². The highest BCUT2D eigenvalue weighted by Gasteiger charge is 2.42. The van der Waals surface area contributed by atoms with E-state index in [1.54, 1.807) is 36.3 Å². The summed E-state index contributed by atoms with van der Waals surface area (Å²) in [6.45, 7) is 0.688. The molecule has 0 saturated carbocycles. The Kier molecular flexibility index (Phi) is 7.26. The summed E-state index contributed by atoms with van der Waals surface area (Å²) in [6.07, 6.45) is 7.55. The van der Waals surface area contributed by atoms with Gasteiger partial charge in [-0.05, 0) is 84.5 Å². The van der Waals surface area contributed by atoms with Gasteiger partial charge < -0.3 is 14.8 Å². The topological polar surface area (TPSA) is 89.1 Å². The van der Waals surface area contributed by atoms with E-state index in [0.717, 1.165) is 32.4 Å². The van der Waals surface area contributed by atoms with Crippen molar-refractivity contribution in [3.05, 3.63) is 143 Å². The molecule has 198 valence electrons. The lowest BCUT2D eigenvalue weighted by atomic mass is 10.0. The molecule has 10 heteroatoms. The lowest BCUT2D eigenvalue weighted by Crippen LogP contribution is -2.30. The number of hydrogen-bond acceptors (Lipinski definition) is 6. The van der Waals surface area contributed by atoms with E-state index in [-0.39, 0.29) is 17.8 Å². The van der Waals surface area contributed by atoms with Gasteiger partial charge in [-0.2, -0.15) is 0 Å². The van der Waals surface area contributed by atoms with Gasteiger partial charge in [0.1, 0.15) is 6.04 Å². The molecule has 5 aromatic rings. The number of rotatable bonds is 8. The summed E-state index contributed by atoms with van der Waals surface area (Å²) in [5.41, 5.74) is 4.18. The molecule has 1 aliphatic heterocycles. The molecule has 8 nitrogen and oxygen atoms in total. The molecule has 3 aromatic heterocycles. The molecule has 40 heavy (non-hydrogen) atoms. The summed E-state index contributed by atoms with van der Waals surface area (Å²) >= 11 is 7.45. The Morgan fingerprint density at radius 3 is 2.38 bits per heavy atom. The third-order valence-corrected chi connectivity index (χ3v) is 8.07. The molecular formula is C30H24N6O2S2. The summed E-state index contributed by atoms with van der Waals surface area (Å²) in [7, 11) is 0. The number of aromatic nitrogens is 3. The van der Waals surface area contributed by atoms with E-state index in [9.17, 15) is 10.1 Å². The standard InChI is InChI=1S/C30H24N6O2S2/c37-36(38)23-10-14-25(15-11-23)40-24-12-8-22(9-13-24)35-29(28(33-30(35)39)26-6-1-2-17-32-26)27-7-4-18-34(27)20-21-5-3-16-31-19-21/h1-19,28-29H,20H2,(H,33,39)/t28-,29-/m1/s1. The number of hydrogen-bond donors (Lipinski definition) is 1. The van der Waals surface area contributed by atoms with Crippen LogP contribution in [0.3, 0.4) is 0 Å². The van der Waals surface area contributed by atoms with Crippen molar-refractivity contribution < 1.29 is 4.92 Å². The monoisotopic (exact) mass is 564 g/mol. The van der Waals surface area contributed by atoms with Crippen molar-refractivity contribution >= 4 is 40.5 Å². The van der Waals surface area contributed by atoms with E-state index in [4.69, 9.17) is 12.2 Å². The molecule has 0 aliphatic carbocycles. The number of thiocarbonyl (C=S) groups is 1. The number of nitro groups is 1. The zero-order valence-electron chi connectivity index (χ0n) is 21.2. The molecule has 0 spiro atoms. The van der Waals surface area contributed by atoms with Crippen LogP contribution in [0.25, 0.3) is 0 Å². The van der Waals surface area contributed by atoms with Gasteiger partial charge in [-0.3, -0.25) is 20.1 Å². The van der Waals surface area contributed by atoms with Crippen LogP contribution >= 0.6 is 24.0 Å². The Morgan fingerprint density at radius 1 is 0.925 bits per heavy atom. The van der Waals surface area contributed by atoms with Crippen molar-refractivity contribution in [3.8, 4) is 0 Å². The quantitative estimate of drug-likeness (QED) is 0.129. The number of pyridine rings is 2. The van der Waals surface area contributed by atoms with Crippen molar-refractivity contribution in [3.63, 3.8) is 0 Å². The Balaban J connectivity index is 1.32. The number of non-ortho nitro benzene ring substituents is 1. The van der Waals surface area contributed by atoms with Crippen LogP contribution in [0.1, 0.15) is 29.0 Å². The minimum atomic E-state index is -0.391. The average Bonchev–Trinajstić information content (AvgIpc) is 3.58. The van der Waals surface area contributed by atoms with Gasteiger partial charge in [0.05, 0.1) is 16.7 Å². The second-order valence-electron chi connectivity index (χ2n) is 9.27. The zero-order chi connectivity index (χ0) is 27.5. The molecule has 0 amide bonds. The fraction of sp³-hybridized carbons (Fsp3) is 0.100. The maximum absolute atomic E-state index is 11.0. The Bertz CT molecular complexity index is 1630. The van der Waals surface area contributed by atoms with Crippen LogP contribution in [0.4, 0.5) is 11.4 Å². The first kappa shape index (κ1) is 25.7. The van der Waals surface area contributed by atoms with Crippen molar-refractivity contribution in [2.24, 2.45) is 0 Å². The SMILES string of the molecule is O=[N+]([O-])c1ccc(Sc2ccc(N3C(=S)N[C@H](c4ccccn4)[C@H]3c3cccn3Cc3cccnc3)cc2)cc1. The number of anilines is 1. The molecule has 1 fully saturated rings. The summed E-state index contributed by atoms with van der Waals surface area (Å²) in [4.78, 5) is 23.6. The molecule has 0 bridgehead atoms. The first-order valence-electron chi connectivity index (χ1n) is 12.6. The van der Waals surface area contributed by atoms with Crippen molar-refractivity contribution in [2.45, 2.75) is 28.4 Å². The third-order valence-electron chi connectivity index (χ3n) is 6.74. The summed E-state index contributed by atoms with van der Waals surface area (Å²) in [5.74, 6) is 0. The lowest BCUT2D eigenvalue weighted by molar-refractivity contribution is -0.384. The maximum atomic E-state index is 11.0. The molecule has 1 N–H and O–H groups in total. The molecule has 0 unspecified atom stereocenters. The lowest BCUT2D eigenvalue weighted by Gasteiger charge is -2.29. The minimum Gasteiger partial charge on any atom is -0.351 e. The van der Waals surface area contributed by atoms with E-state index in [2.05, 4.69) is 61.3 Å². The predicted molar refractivity (Wildman–Crippen MR) is 159 cm³/mol. The summed E-state index contributed by atoms with van der Waals surface area (Å²) in [5, 5.41) is 15.1. The Morgan fingerprint density at radius 2 is 1.70 bits per heavy atom. The van der Waals surface area contributed by atoms with Crippen molar-refractivity contribution in [2.75, 3.05) is 4.90 Å². The van der Waals surface area contributed by atoms with Crippen molar-refractivity contribution in [1.29, 1.82) is 0 Å². The zero-order valence-corrected chi connectivity index (χ0v) is 22.8. The molecular weight excluding hydrogens is 541 g/mol. The minimum absolute atomic E-state index is 0.0801. The second kappa shape index (κ2) is 11.3. The highest BCUT2D eigenvalue weighted by atomic mass is 32.2. The van der Waals surface area contributed by atoms with Crippen molar-refractivity contribution in [1.82, 2.24) is 19.9 Å². The van der Waals surface area contributed by atoms with E-state index in [0.29, 0.717) is 11.7 Å². The summed E-state index contributed by atoms with van der Waals surface area (Å²) < 4.78 is 2.24. The Labute approximate surface area is 240 Å². The fourth-order valence-corrected chi connectivity index (χ4v) is 6.07. The largest absolute Gasteiger partial charge is 0.351 e. The highest BCUT2D eigenvalue weighted by molar-refractivity contribution is 7.99. The maximum Gasteiger partial charge on any atom is 0.269 e. The number of benzene rings is 2. The van der Waals surface area contributed by atoms with E-state index >= 15 is 0 Å². The molecule has 6 rings (SSSR count). The van der Waals surface area contributed by atoms with Gasteiger partial charge in [0, 0.05) is 64.6 Å². The fourth-order valence-electron chi connectivity index (χ4n) is 4.91. The first-order valence-corrected chi connectivity index (χ1v) is 13.9. The molecule has 0 radical (unpaired) electrons. The Hall–Kier alpha value is -4.54. The molecule has 1 saturated heterocycles.